The van der Waals surface area contributed by atoms with E-state index in [2.05, 4.69) is 16.8 Å². The van der Waals surface area contributed by atoms with Gasteiger partial charge in [0.2, 0.25) is 0 Å². The number of carbonyl (C=O) groups is 1. The number of benzene rings is 2. The van der Waals surface area contributed by atoms with E-state index in [-0.39, 0.29) is 5.78 Å². The van der Waals surface area contributed by atoms with Gasteiger partial charge in [-0.3, -0.25) is 9.36 Å². The maximum absolute atomic E-state index is 12.8. The summed E-state index contributed by atoms with van der Waals surface area (Å²) in [6.07, 6.45) is 1.79. The summed E-state index contributed by atoms with van der Waals surface area (Å²) in [6, 6.07) is 11.6. The molecular formula is C22H22ClN3OS. The molecule has 3 rings (SSSR count). The van der Waals surface area contributed by atoms with Crippen molar-refractivity contribution in [1.82, 2.24) is 14.8 Å². The number of ketones is 1. The first-order chi connectivity index (χ1) is 13.4. The summed E-state index contributed by atoms with van der Waals surface area (Å²) >= 11 is 7.38. The highest BCUT2D eigenvalue weighted by atomic mass is 35.5. The van der Waals surface area contributed by atoms with Gasteiger partial charge < -0.3 is 0 Å². The molecule has 28 heavy (non-hydrogen) atoms. The van der Waals surface area contributed by atoms with Crippen molar-refractivity contribution in [2.45, 2.75) is 32.5 Å². The summed E-state index contributed by atoms with van der Waals surface area (Å²) in [4.78, 5) is 12.8. The molecule has 0 spiro atoms. The smallest absolute Gasteiger partial charge is 0.192 e. The standard InChI is InChI=1S/C22H22ClN3OS/c1-5-10-26-21(17-6-8-18(23)9-7-17)24-25-22(26)28-13-19(27)20-15(3)11-14(2)12-16(20)4/h5-9,11-12H,1,10,13H2,2-4H3. The van der Waals surface area contributed by atoms with Crippen molar-refractivity contribution in [3.8, 4) is 11.4 Å². The van der Waals surface area contributed by atoms with Crippen LogP contribution in [-0.4, -0.2) is 26.3 Å². The number of nitrogens with zero attached hydrogens (tertiary/aromatic N) is 3. The molecule has 0 N–H and O–H groups in total. The normalized spacial score (nSPS) is 10.9. The third kappa shape index (κ3) is 4.37. The third-order valence-electron chi connectivity index (χ3n) is 4.42. The summed E-state index contributed by atoms with van der Waals surface area (Å²) in [5.74, 6) is 1.14. The second-order valence-electron chi connectivity index (χ2n) is 6.70. The molecule has 1 heterocycles. The van der Waals surface area contributed by atoms with E-state index in [1.807, 2.05) is 61.7 Å². The topological polar surface area (TPSA) is 47.8 Å². The number of allylic oxidation sites excluding steroid dienone is 1. The van der Waals surface area contributed by atoms with Gasteiger partial charge in [-0.15, -0.1) is 16.8 Å². The number of carbonyl (C=O) groups excluding carboxylic acids is 1. The van der Waals surface area contributed by atoms with Gasteiger partial charge in [0.05, 0.1) is 5.75 Å². The van der Waals surface area contributed by atoms with E-state index < -0.39 is 0 Å². The number of hydrogen-bond acceptors (Lipinski definition) is 4. The average Bonchev–Trinajstić information content (AvgIpc) is 3.03. The molecular weight excluding hydrogens is 390 g/mol. The van der Waals surface area contributed by atoms with Crippen molar-refractivity contribution in [3.05, 3.63) is 76.3 Å². The SMILES string of the molecule is C=CCn1c(SCC(=O)c2c(C)cc(C)cc2C)nnc1-c1ccc(Cl)cc1. The molecule has 0 saturated heterocycles. The number of rotatable bonds is 7. The van der Waals surface area contributed by atoms with Crippen LogP contribution < -0.4 is 0 Å². The molecule has 0 bridgehead atoms. The zero-order valence-corrected chi connectivity index (χ0v) is 17.8. The second kappa shape index (κ2) is 8.76. The lowest BCUT2D eigenvalue weighted by atomic mass is 9.97. The van der Waals surface area contributed by atoms with Crippen LogP contribution in [0.1, 0.15) is 27.0 Å². The molecule has 1 aromatic heterocycles. The summed E-state index contributed by atoms with van der Waals surface area (Å²) in [5, 5.41) is 9.99. The number of thioether (sulfide) groups is 1. The van der Waals surface area contributed by atoms with E-state index in [1.54, 1.807) is 6.08 Å². The van der Waals surface area contributed by atoms with Crippen LogP contribution in [-0.2, 0) is 6.54 Å². The van der Waals surface area contributed by atoms with E-state index in [9.17, 15) is 4.79 Å². The van der Waals surface area contributed by atoms with Crippen LogP contribution in [0.3, 0.4) is 0 Å². The molecule has 2 aromatic carbocycles. The van der Waals surface area contributed by atoms with Gasteiger partial charge >= 0.3 is 0 Å². The van der Waals surface area contributed by atoms with Crippen LogP contribution in [0.2, 0.25) is 5.02 Å². The number of hydrogen-bond donors (Lipinski definition) is 0. The summed E-state index contributed by atoms with van der Waals surface area (Å²) in [6.45, 7) is 10.4. The Kier molecular flexibility index (Phi) is 6.37. The van der Waals surface area contributed by atoms with E-state index in [0.29, 0.717) is 22.5 Å². The maximum atomic E-state index is 12.8. The van der Waals surface area contributed by atoms with Gasteiger partial charge in [-0.25, -0.2) is 0 Å². The monoisotopic (exact) mass is 411 g/mol. The number of aromatic nitrogens is 3. The Balaban J connectivity index is 1.84. The fraction of sp³-hybridized carbons (Fsp3) is 0.227. The van der Waals surface area contributed by atoms with Gasteiger partial charge in [0.15, 0.2) is 16.8 Å². The van der Waals surface area contributed by atoms with Crippen LogP contribution in [0.25, 0.3) is 11.4 Å². The quantitative estimate of drug-likeness (QED) is 0.285. The highest BCUT2D eigenvalue weighted by Crippen LogP contribution is 2.27. The molecule has 0 fully saturated rings. The average molecular weight is 412 g/mol. The zero-order chi connectivity index (χ0) is 20.3. The van der Waals surface area contributed by atoms with E-state index in [0.717, 1.165) is 33.6 Å². The largest absolute Gasteiger partial charge is 0.298 e. The molecule has 0 saturated carbocycles. The highest BCUT2D eigenvalue weighted by molar-refractivity contribution is 7.99. The minimum atomic E-state index is 0.0983. The van der Waals surface area contributed by atoms with Crippen molar-refractivity contribution >= 4 is 29.1 Å². The Morgan fingerprint density at radius 1 is 1.14 bits per heavy atom. The van der Waals surface area contributed by atoms with Crippen molar-refractivity contribution in [2.75, 3.05) is 5.75 Å². The predicted molar refractivity (Wildman–Crippen MR) is 116 cm³/mol. The van der Waals surface area contributed by atoms with Gasteiger partial charge in [0.1, 0.15) is 0 Å². The van der Waals surface area contributed by atoms with Crippen LogP contribution in [0.4, 0.5) is 0 Å². The fourth-order valence-electron chi connectivity index (χ4n) is 3.32. The highest BCUT2D eigenvalue weighted by Gasteiger charge is 2.17. The van der Waals surface area contributed by atoms with E-state index in [4.69, 9.17) is 11.6 Å². The molecule has 0 radical (unpaired) electrons. The minimum Gasteiger partial charge on any atom is -0.298 e. The van der Waals surface area contributed by atoms with Gasteiger partial charge in [-0.1, -0.05) is 47.1 Å². The lowest BCUT2D eigenvalue weighted by molar-refractivity contribution is 0.102. The van der Waals surface area contributed by atoms with Crippen molar-refractivity contribution < 1.29 is 4.79 Å². The predicted octanol–water partition coefficient (Wildman–Crippen LogP) is 5.68. The molecule has 6 heteroatoms. The molecule has 0 amide bonds. The Hall–Kier alpha value is -2.37. The van der Waals surface area contributed by atoms with Crippen LogP contribution in [0.5, 0.6) is 0 Å². The number of aryl methyl sites for hydroxylation is 3. The Morgan fingerprint density at radius 2 is 1.79 bits per heavy atom. The lowest BCUT2D eigenvalue weighted by Gasteiger charge is -2.11. The number of Topliss-reactive ketones (excluding diaryl/α,β-unsaturated/α-hetero) is 1. The maximum Gasteiger partial charge on any atom is 0.192 e. The molecule has 0 atom stereocenters. The van der Waals surface area contributed by atoms with Gasteiger partial charge in [-0.05, 0) is 56.2 Å². The van der Waals surface area contributed by atoms with Crippen LogP contribution in [0.15, 0.2) is 54.2 Å². The van der Waals surface area contributed by atoms with Gasteiger partial charge in [0.25, 0.3) is 0 Å². The summed E-state index contributed by atoms with van der Waals surface area (Å²) in [5.41, 5.74) is 4.90. The first-order valence-corrected chi connectivity index (χ1v) is 10.3. The third-order valence-corrected chi connectivity index (χ3v) is 5.64. The Morgan fingerprint density at radius 3 is 2.39 bits per heavy atom. The molecule has 4 nitrogen and oxygen atoms in total. The second-order valence-corrected chi connectivity index (χ2v) is 8.08. The zero-order valence-electron chi connectivity index (χ0n) is 16.2. The molecule has 0 aliphatic heterocycles. The Bertz CT molecular complexity index is 1000. The summed E-state index contributed by atoms with van der Waals surface area (Å²) in [7, 11) is 0. The molecule has 144 valence electrons. The van der Waals surface area contributed by atoms with Crippen molar-refractivity contribution in [1.29, 1.82) is 0 Å². The molecule has 0 aliphatic rings. The summed E-state index contributed by atoms with van der Waals surface area (Å²) < 4.78 is 1.96. The number of halogens is 1. The molecule has 0 aliphatic carbocycles. The fourth-order valence-corrected chi connectivity index (χ4v) is 4.27. The van der Waals surface area contributed by atoms with Gasteiger partial charge in [0, 0.05) is 22.7 Å². The van der Waals surface area contributed by atoms with Crippen LogP contribution >= 0.6 is 23.4 Å². The lowest BCUT2D eigenvalue weighted by Crippen LogP contribution is -2.09. The molecule has 3 aromatic rings. The van der Waals surface area contributed by atoms with Gasteiger partial charge in [-0.2, -0.15) is 0 Å². The van der Waals surface area contributed by atoms with E-state index >= 15 is 0 Å². The minimum absolute atomic E-state index is 0.0983. The van der Waals surface area contributed by atoms with Crippen molar-refractivity contribution in [2.24, 2.45) is 0 Å². The first kappa shape index (κ1) is 20.4. The Labute approximate surface area is 174 Å². The van der Waals surface area contributed by atoms with E-state index in [1.165, 1.54) is 11.8 Å². The first-order valence-electron chi connectivity index (χ1n) is 8.94. The van der Waals surface area contributed by atoms with Crippen molar-refractivity contribution in [3.63, 3.8) is 0 Å². The van der Waals surface area contributed by atoms with Crippen LogP contribution in [0, 0.1) is 20.8 Å². The molecule has 0 unspecified atom stereocenters.